The van der Waals surface area contributed by atoms with Gasteiger partial charge in [-0.25, -0.2) is 0 Å². The van der Waals surface area contributed by atoms with Crippen molar-refractivity contribution in [1.82, 2.24) is 0 Å². The molecule has 0 radical (unpaired) electrons. The second-order valence-corrected chi connectivity index (χ2v) is 1.43. The number of hydrogen-bond acceptors (Lipinski definition) is 1. The Labute approximate surface area is 64.2 Å². The molecule has 1 heteroatoms. The van der Waals surface area contributed by atoms with Crippen LogP contribution in [0.25, 0.3) is 0 Å². The van der Waals surface area contributed by atoms with Gasteiger partial charge in [0.2, 0.25) is 0 Å². The van der Waals surface area contributed by atoms with Crippen molar-refractivity contribution in [1.29, 1.82) is 0 Å². The van der Waals surface area contributed by atoms with Gasteiger partial charge >= 0.3 is 0 Å². The van der Waals surface area contributed by atoms with E-state index in [1.807, 2.05) is 20.8 Å². The smallest absolute Gasteiger partial charge is 0.0329 e. The van der Waals surface area contributed by atoms with E-state index in [2.05, 4.69) is 18.2 Å². The number of rotatable bonds is 3. The minimum absolute atomic E-state index is 0.893. The van der Waals surface area contributed by atoms with Gasteiger partial charge in [0, 0.05) is 11.9 Å². The molecule has 10 heavy (non-hydrogen) atoms. The summed E-state index contributed by atoms with van der Waals surface area (Å²) in [5.41, 5.74) is 0.893. The Bertz CT molecular complexity index is 112. The Morgan fingerprint density at radius 1 is 1.50 bits per heavy atom. The van der Waals surface area contributed by atoms with Crippen LogP contribution in [-0.4, -0.2) is 6.21 Å². The summed E-state index contributed by atoms with van der Waals surface area (Å²) >= 11 is 0. The van der Waals surface area contributed by atoms with Crippen molar-refractivity contribution in [2.45, 2.75) is 27.2 Å². The molecule has 0 saturated heterocycles. The minimum atomic E-state index is 0.893. The van der Waals surface area contributed by atoms with E-state index >= 15 is 0 Å². The normalized spacial score (nSPS) is 8.30. The molecule has 0 atom stereocenters. The van der Waals surface area contributed by atoms with Crippen LogP contribution >= 0.6 is 0 Å². The first-order valence-corrected chi connectivity index (χ1v) is 3.64. The summed E-state index contributed by atoms with van der Waals surface area (Å²) in [6.07, 6.45) is 4.19. The molecule has 0 aliphatic carbocycles. The summed E-state index contributed by atoms with van der Waals surface area (Å²) in [6.45, 7) is 13.2. The van der Waals surface area contributed by atoms with Crippen molar-refractivity contribution in [3.63, 3.8) is 0 Å². The second kappa shape index (κ2) is 11.0. The predicted molar refractivity (Wildman–Crippen MR) is 49.5 cm³/mol. The predicted octanol–water partition coefficient (Wildman–Crippen LogP) is 3.19. The fourth-order valence-corrected chi connectivity index (χ4v) is 0.249. The summed E-state index contributed by atoms with van der Waals surface area (Å²) in [4.78, 5) is 3.92. The lowest BCUT2D eigenvalue weighted by atomic mass is 10.4. The van der Waals surface area contributed by atoms with Gasteiger partial charge in [-0.3, -0.25) is 4.99 Å². The SMILES string of the molecule is C=CC=NC(=C)CC.CC. The van der Waals surface area contributed by atoms with Crippen LogP contribution in [0.1, 0.15) is 27.2 Å². The van der Waals surface area contributed by atoms with Crippen LogP contribution in [-0.2, 0) is 0 Å². The zero-order chi connectivity index (χ0) is 8.41. The van der Waals surface area contributed by atoms with Gasteiger partial charge in [0.15, 0.2) is 0 Å². The molecule has 0 spiro atoms. The lowest BCUT2D eigenvalue weighted by molar-refractivity contribution is 1.08. The van der Waals surface area contributed by atoms with Gasteiger partial charge in [-0.1, -0.05) is 40.0 Å². The number of allylic oxidation sites excluding steroid dienone is 2. The number of nitrogens with zero attached hydrogens (tertiary/aromatic N) is 1. The molecule has 0 bridgehead atoms. The maximum Gasteiger partial charge on any atom is 0.0329 e. The van der Waals surface area contributed by atoms with E-state index in [1.165, 1.54) is 0 Å². The molecule has 0 aromatic carbocycles. The highest BCUT2D eigenvalue weighted by molar-refractivity contribution is 5.71. The van der Waals surface area contributed by atoms with E-state index in [4.69, 9.17) is 0 Å². The van der Waals surface area contributed by atoms with Crippen LogP contribution in [0.2, 0.25) is 0 Å². The summed E-state index contributed by atoms with van der Waals surface area (Å²) in [5, 5.41) is 0. The van der Waals surface area contributed by atoms with Crippen molar-refractivity contribution < 1.29 is 0 Å². The average Bonchev–Trinajstić information content (AvgIpc) is 2.04. The molecule has 0 unspecified atom stereocenters. The molecule has 0 N–H and O–H groups in total. The average molecular weight is 139 g/mol. The van der Waals surface area contributed by atoms with Crippen molar-refractivity contribution in [2.24, 2.45) is 4.99 Å². The molecule has 0 aromatic heterocycles. The Morgan fingerprint density at radius 2 is 2.00 bits per heavy atom. The fraction of sp³-hybridized carbons (Fsp3) is 0.444. The maximum absolute atomic E-state index is 3.92. The Kier molecular flexibility index (Phi) is 13.1. The van der Waals surface area contributed by atoms with Crippen molar-refractivity contribution in [3.8, 4) is 0 Å². The minimum Gasteiger partial charge on any atom is -0.262 e. The van der Waals surface area contributed by atoms with Gasteiger partial charge in [-0.05, 0) is 6.42 Å². The van der Waals surface area contributed by atoms with Crippen molar-refractivity contribution >= 4 is 6.21 Å². The van der Waals surface area contributed by atoms with Crippen LogP contribution in [0, 0.1) is 0 Å². The van der Waals surface area contributed by atoms with E-state index in [9.17, 15) is 0 Å². The highest BCUT2D eigenvalue weighted by Gasteiger charge is 1.76. The van der Waals surface area contributed by atoms with E-state index in [1.54, 1.807) is 12.3 Å². The first kappa shape index (κ1) is 11.9. The quantitative estimate of drug-likeness (QED) is 0.532. The second-order valence-electron chi connectivity index (χ2n) is 1.43. The third-order valence-electron chi connectivity index (χ3n) is 0.771. The Hall–Kier alpha value is -0.850. The van der Waals surface area contributed by atoms with Crippen molar-refractivity contribution in [2.75, 3.05) is 0 Å². The van der Waals surface area contributed by atoms with Crippen LogP contribution in [0.4, 0.5) is 0 Å². The number of hydrogen-bond donors (Lipinski definition) is 0. The van der Waals surface area contributed by atoms with E-state index < -0.39 is 0 Å². The zero-order valence-electron chi connectivity index (χ0n) is 7.22. The molecule has 0 amide bonds. The van der Waals surface area contributed by atoms with Gasteiger partial charge in [0.25, 0.3) is 0 Å². The summed E-state index contributed by atoms with van der Waals surface area (Å²) in [5.74, 6) is 0. The molecule has 0 aromatic rings. The largest absolute Gasteiger partial charge is 0.262 e. The zero-order valence-corrected chi connectivity index (χ0v) is 7.22. The molecule has 0 aliphatic heterocycles. The van der Waals surface area contributed by atoms with E-state index in [-0.39, 0.29) is 0 Å². The standard InChI is InChI=1S/C7H11N.C2H6/c1-4-6-8-7(3)5-2;1-2/h4,6H,1,3,5H2,2H3;1-2H3. The highest BCUT2D eigenvalue weighted by atomic mass is 14.7. The van der Waals surface area contributed by atoms with E-state index in [0.29, 0.717) is 0 Å². The molecule has 0 aliphatic rings. The van der Waals surface area contributed by atoms with Crippen LogP contribution in [0.15, 0.2) is 29.9 Å². The van der Waals surface area contributed by atoms with Gasteiger partial charge < -0.3 is 0 Å². The first-order valence-electron chi connectivity index (χ1n) is 3.64. The Morgan fingerprint density at radius 3 is 2.30 bits per heavy atom. The molecule has 0 fully saturated rings. The van der Waals surface area contributed by atoms with Gasteiger partial charge in [-0.2, -0.15) is 0 Å². The van der Waals surface area contributed by atoms with Crippen LogP contribution < -0.4 is 0 Å². The van der Waals surface area contributed by atoms with Gasteiger partial charge in [0.05, 0.1) is 0 Å². The maximum atomic E-state index is 3.92. The lowest BCUT2D eigenvalue weighted by Crippen LogP contribution is -1.69. The van der Waals surface area contributed by atoms with Crippen LogP contribution in [0.5, 0.6) is 0 Å². The van der Waals surface area contributed by atoms with Gasteiger partial charge in [-0.15, -0.1) is 0 Å². The first-order chi connectivity index (χ1) is 4.81. The molecule has 0 saturated carbocycles. The van der Waals surface area contributed by atoms with Crippen LogP contribution in [0.3, 0.4) is 0 Å². The Balaban J connectivity index is 0. The van der Waals surface area contributed by atoms with Crippen molar-refractivity contribution in [3.05, 3.63) is 24.9 Å². The third kappa shape index (κ3) is 10.2. The number of aliphatic imine (C=N–C) groups is 1. The van der Waals surface area contributed by atoms with E-state index in [0.717, 1.165) is 12.1 Å². The molecule has 0 heterocycles. The third-order valence-corrected chi connectivity index (χ3v) is 0.771. The molecule has 1 nitrogen and oxygen atoms in total. The molecular formula is C9H17N. The monoisotopic (exact) mass is 139 g/mol. The lowest BCUT2D eigenvalue weighted by Gasteiger charge is -1.86. The molecular weight excluding hydrogens is 122 g/mol. The summed E-state index contributed by atoms with van der Waals surface area (Å²) < 4.78 is 0. The molecule has 0 rings (SSSR count). The summed E-state index contributed by atoms with van der Waals surface area (Å²) in [6, 6.07) is 0. The topological polar surface area (TPSA) is 12.4 Å². The van der Waals surface area contributed by atoms with Gasteiger partial charge in [0.1, 0.15) is 0 Å². The molecule has 58 valence electrons. The summed E-state index contributed by atoms with van der Waals surface area (Å²) in [7, 11) is 0. The fourth-order valence-electron chi connectivity index (χ4n) is 0.249. The highest BCUT2D eigenvalue weighted by Crippen LogP contribution is 1.94.